The quantitative estimate of drug-likeness (QED) is 0.890. The van der Waals surface area contributed by atoms with Crippen LogP contribution in [0.4, 0.5) is 0 Å². The Balaban J connectivity index is 2.22. The molecule has 2 aromatic heterocycles. The molecule has 1 atom stereocenters. The highest BCUT2D eigenvalue weighted by Gasteiger charge is 2.21. The second-order valence-electron chi connectivity index (χ2n) is 3.72. The summed E-state index contributed by atoms with van der Waals surface area (Å²) in [7, 11) is -3.51. The first-order valence-electron chi connectivity index (χ1n) is 5.06. The van der Waals surface area contributed by atoms with Crippen molar-refractivity contribution in [3.05, 3.63) is 34.3 Å². The molecule has 0 radical (unpaired) electrons. The fraction of sp³-hybridized carbons (Fsp3) is 0.300. The second-order valence-corrected chi connectivity index (χ2v) is 6.38. The van der Waals surface area contributed by atoms with E-state index < -0.39 is 10.0 Å². The fourth-order valence-electron chi connectivity index (χ4n) is 1.50. The number of hydrogen-bond acceptors (Lipinski definition) is 4. The Bertz CT molecular complexity index is 587. The van der Waals surface area contributed by atoms with E-state index in [-0.39, 0.29) is 10.9 Å². The lowest BCUT2D eigenvalue weighted by Crippen LogP contribution is -2.26. The van der Waals surface area contributed by atoms with Gasteiger partial charge in [-0.05, 0) is 25.3 Å². The van der Waals surface area contributed by atoms with Crippen LogP contribution in [-0.4, -0.2) is 18.6 Å². The van der Waals surface area contributed by atoms with Crippen LogP contribution in [0.25, 0.3) is 0 Å². The maximum atomic E-state index is 12.1. The van der Waals surface area contributed by atoms with Gasteiger partial charge in [0.1, 0.15) is 4.90 Å². The SMILES string of the molecule is Cc1[nH]ncc1S(=O)(=O)NC(C)c1cccs1. The van der Waals surface area contributed by atoms with E-state index in [1.165, 1.54) is 17.5 Å². The first-order valence-corrected chi connectivity index (χ1v) is 7.42. The molecule has 2 rings (SSSR count). The Labute approximate surface area is 104 Å². The Morgan fingerprint density at radius 2 is 2.29 bits per heavy atom. The second kappa shape index (κ2) is 4.59. The van der Waals surface area contributed by atoms with Gasteiger partial charge < -0.3 is 0 Å². The highest BCUT2D eigenvalue weighted by Crippen LogP contribution is 2.21. The minimum atomic E-state index is -3.51. The third-order valence-electron chi connectivity index (χ3n) is 2.38. The number of rotatable bonds is 4. The number of H-pyrrole nitrogens is 1. The highest BCUT2D eigenvalue weighted by molar-refractivity contribution is 7.89. The zero-order chi connectivity index (χ0) is 12.5. The molecule has 7 heteroatoms. The zero-order valence-corrected chi connectivity index (χ0v) is 11.1. The summed E-state index contributed by atoms with van der Waals surface area (Å²) in [5.74, 6) is 0. The Kier molecular flexibility index (Phi) is 3.32. The molecule has 0 bridgehead atoms. The average Bonchev–Trinajstić information content (AvgIpc) is 2.85. The number of sulfonamides is 1. The van der Waals surface area contributed by atoms with Gasteiger partial charge in [0.25, 0.3) is 0 Å². The van der Waals surface area contributed by atoms with Gasteiger partial charge >= 0.3 is 0 Å². The van der Waals surface area contributed by atoms with Crippen LogP contribution in [0, 0.1) is 6.92 Å². The topological polar surface area (TPSA) is 74.8 Å². The predicted octanol–water partition coefficient (Wildman–Crippen LogP) is 1.82. The van der Waals surface area contributed by atoms with Crippen LogP contribution >= 0.6 is 11.3 Å². The lowest BCUT2D eigenvalue weighted by atomic mass is 10.3. The molecule has 0 amide bonds. The van der Waals surface area contributed by atoms with E-state index in [9.17, 15) is 8.42 Å². The van der Waals surface area contributed by atoms with Gasteiger partial charge in [0, 0.05) is 4.88 Å². The van der Waals surface area contributed by atoms with Crippen molar-refractivity contribution in [2.75, 3.05) is 0 Å². The van der Waals surface area contributed by atoms with E-state index in [0.717, 1.165) is 4.88 Å². The molecule has 0 aliphatic carbocycles. The van der Waals surface area contributed by atoms with Crippen LogP contribution in [0.3, 0.4) is 0 Å². The Morgan fingerprint density at radius 1 is 1.53 bits per heavy atom. The van der Waals surface area contributed by atoms with Crippen LogP contribution in [0.2, 0.25) is 0 Å². The number of hydrogen-bond donors (Lipinski definition) is 2. The number of nitrogens with zero attached hydrogens (tertiary/aromatic N) is 1. The van der Waals surface area contributed by atoms with Crippen LogP contribution < -0.4 is 4.72 Å². The third-order valence-corrected chi connectivity index (χ3v) is 5.08. The average molecular weight is 271 g/mol. The van der Waals surface area contributed by atoms with E-state index in [2.05, 4.69) is 14.9 Å². The number of aromatic nitrogens is 2. The minimum Gasteiger partial charge on any atom is -0.281 e. The van der Waals surface area contributed by atoms with Gasteiger partial charge in [0.15, 0.2) is 0 Å². The maximum Gasteiger partial charge on any atom is 0.244 e. The van der Waals surface area contributed by atoms with Crippen molar-refractivity contribution in [2.24, 2.45) is 0 Å². The molecule has 2 N–H and O–H groups in total. The summed E-state index contributed by atoms with van der Waals surface area (Å²) in [4.78, 5) is 1.18. The van der Waals surface area contributed by atoms with Gasteiger partial charge in [0.05, 0.1) is 17.9 Å². The number of nitrogens with one attached hydrogen (secondary N) is 2. The number of thiophene rings is 1. The van der Waals surface area contributed by atoms with Crippen molar-refractivity contribution in [2.45, 2.75) is 24.8 Å². The summed E-state index contributed by atoms with van der Waals surface area (Å²) >= 11 is 1.52. The van der Waals surface area contributed by atoms with Gasteiger partial charge in [-0.15, -0.1) is 11.3 Å². The molecule has 2 aromatic rings. The van der Waals surface area contributed by atoms with Crippen molar-refractivity contribution in [1.82, 2.24) is 14.9 Å². The van der Waals surface area contributed by atoms with Crippen molar-refractivity contribution in [3.8, 4) is 0 Å². The summed E-state index contributed by atoms with van der Waals surface area (Å²) < 4.78 is 26.7. The minimum absolute atomic E-state index is 0.195. The molecule has 0 aliphatic rings. The molecule has 0 saturated heterocycles. The van der Waals surface area contributed by atoms with Gasteiger partial charge in [-0.25, -0.2) is 13.1 Å². The van der Waals surface area contributed by atoms with E-state index in [1.54, 1.807) is 6.92 Å². The molecule has 0 aliphatic heterocycles. The molecule has 0 fully saturated rings. The van der Waals surface area contributed by atoms with E-state index in [4.69, 9.17) is 0 Å². The number of aromatic amines is 1. The molecule has 5 nitrogen and oxygen atoms in total. The van der Waals surface area contributed by atoms with Gasteiger partial charge in [0.2, 0.25) is 10.0 Å². The Morgan fingerprint density at radius 3 is 2.82 bits per heavy atom. The van der Waals surface area contributed by atoms with E-state index >= 15 is 0 Å². The first-order chi connectivity index (χ1) is 8.00. The largest absolute Gasteiger partial charge is 0.281 e. The summed E-state index contributed by atoms with van der Waals surface area (Å²) in [6, 6.07) is 3.56. The lowest BCUT2D eigenvalue weighted by Gasteiger charge is -2.11. The summed E-state index contributed by atoms with van der Waals surface area (Å²) in [6.45, 7) is 3.50. The first kappa shape index (κ1) is 12.3. The van der Waals surface area contributed by atoms with Gasteiger partial charge in [-0.3, -0.25) is 5.10 Å². The van der Waals surface area contributed by atoms with Crippen LogP contribution in [0.1, 0.15) is 23.5 Å². The fourth-order valence-corrected chi connectivity index (χ4v) is 3.67. The third kappa shape index (κ3) is 2.56. The van der Waals surface area contributed by atoms with Crippen LogP contribution in [0.15, 0.2) is 28.6 Å². The number of aryl methyl sites for hydroxylation is 1. The summed E-state index contributed by atoms with van der Waals surface area (Å²) in [6.07, 6.45) is 1.32. The highest BCUT2D eigenvalue weighted by atomic mass is 32.2. The molecule has 17 heavy (non-hydrogen) atoms. The van der Waals surface area contributed by atoms with E-state index in [1.807, 2.05) is 24.4 Å². The van der Waals surface area contributed by atoms with Crippen LogP contribution in [-0.2, 0) is 10.0 Å². The summed E-state index contributed by atoms with van der Waals surface area (Å²) in [5, 5.41) is 8.25. The maximum absolute atomic E-state index is 12.1. The molecule has 92 valence electrons. The van der Waals surface area contributed by atoms with Crippen molar-refractivity contribution < 1.29 is 8.42 Å². The monoisotopic (exact) mass is 271 g/mol. The van der Waals surface area contributed by atoms with Crippen molar-refractivity contribution >= 4 is 21.4 Å². The van der Waals surface area contributed by atoms with Crippen molar-refractivity contribution in [1.29, 1.82) is 0 Å². The molecule has 0 saturated carbocycles. The molecular formula is C10H13N3O2S2. The predicted molar refractivity (Wildman–Crippen MR) is 66.4 cm³/mol. The molecule has 0 spiro atoms. The van der Waals surface area contributed by atoms with E-state index in [0.29, 0.717) is 5.69 Å². The normalized spacial score (nSPS) is 13.8. The lowest BCUT2D eigenvalue weighted by molar-refractivity contribution is 0.568. The molecule has 0 aromatic carbocycles. The standard InChI is InChI=1S/C10H13N3O2S2/c1-7(9-4-3-5-16-9)13-17(14,15)10-6-11-12-8(10)2/h3-7,13H,1-2H3,(H,11,12). The smallest absolute Gasteiger partial charge is 0.244 e. The Hall–Kier alpha value is -1.18. The zero-order valence-electron chi connectivity index (χ0n) is 9.47. The van der Waals surface area contributed by atoms with Gasteiger partial charge in [-0.2, -0.15) is 5.10 Å². The summed E-state index contributed by atoms with van der Waals surface area (Å²) in [5.41, 5.74) is 0.538. The van der Waals surface area contributed by atoms with Crippen LogP contribution in [0.5, 0.6) is 0 Å². The van der Waals surface area contributed by atoms with Crippen molar-refractivity contribution in [3.63, 3.8) is 0 Å². The molecule has 1 unspecified atom stereocenters. The molecule has 2 heterocycles. The van der Waals surface area contributed by atoms with Gasteiger partial charge in [-0.1, -0.05) is 6.07 Å². The molecular weight excluding hydrogens is 258 g/mol.